The van der Waals surface area contributed by atoms with Gasteiger partial charge in [0.1, 0.15) is 23.3 Å². The van der Waals surface area contributed by atoms with Crippen molar-refractivity contribution in [3.8, 4) is 5.75 Å². The molecule has 0 saturated carbocycles. The molecule has 1 aliphatic rings. The molecule has 1 atom stereocenters. The normalized spacial score (nSPS) is 15.0. The Morgan fingerprint density at radius 3 is 2.85 bits per heavy atom. The minimum absolute atomic E-state index is 0.0582. The third kappa shape index (κ3) is 3.56. The largest absolute Gasteiger partial charge is 0.491 e. The van der Waals surface area contributed by atoms with Gasteiger partial charge in [0.25, 0.3) is 5.56 Å². The van der Waals surface area contributed by atoms with Crippen molar-refractivity contribution in [1.82, 2.24) is 9.55 Å². The molecule has 0 unspecified atom stereocenters. The van der Waals surface area contributed by atoms with Gasteiger partial charge >= 0.3 is 0 Å². The molecule has 0 saturated heterocycles. The average molecular weight is 435 g/mol. The first-order valence-corrected chi connectivity index (χ1v) is 10.3. The summed E-state index contributed by atoms with van der Waals surface area (Å²) >= 11 is 5.01. The second kappa shape index (κ2) is 7.50. The van der Waals surface area contributed by atoms with Gasteiger partial charge in [-0.25, -0.2) is 4.98 Å². The Kier molecular flexibility index (Phi) is 5.11. The van der Waals surface area contributed by atoms with Crippen LogP contribution >= 0.6 is 27.3 Å². The molecule has 4 rings (SSSR count). The summed E-state index contributed by atoms with van der Waals surface area (Å²) < 4.78 is 8.06. The second-order valence-corrected chi connectivity index (χ2v) is 8.51. The summed E-state index contributed by atoms with van der Waals surface area (Å²) in [7, 11) is 0. The number of nitrogens with zero attached hydrogens (tertiary/aromatic N) is 2. The molecular formula is C19H19BrN2O3S. The number of halogens is 1. The molecule has 3 aromatic rings. The Labute approximate surface area is 163 Å². The van der Waals surface area contributed by atoms with E-state index in [4.69, 9.17) is 4.74 Å². The average Bonchev–Trinajstić information content (AvgIpc) is 3.03. The fourth-order valence-corrected chi connectivity index (χ4v) is 4.80. The highest BCUT2D eigenvalue weighted by Crippen LogP contribution is 2.33. The van der Waals surface area contributed by atoms with Crippen molar-refractivity contribution in [3.05, 3.63) is 55.9 Å². The van der Waals surface area contributed by atoms with Gasteiger partial charge in [0.2, 0.25) is 0 Å². The summed E-state index contributed by atoms with van der Waals surface area (Å²) in [6.45, 7) is 0.288. The van der Waals surface area contributed by atoms with Crippen LogP contribution < -0.4 is 10.3 Å². The summed E-state index contributed by atoms with van der Waals surface area (Å²) in [5.41, 5.74) is 1.11. The van der Waals surface area contributed by atoms with Crippen LogP contribution in [-0.4, -0.2) is 27.4 Å². The number of ether oxygens (including phenoxy) is 1. The molecule has 0 spiro atoms. The van der Waals surface area contributed by atoms with Crippen molar-refractivity contribution >= 4 is 37.5 Å². The van der Waals surface area contributed by atoms with Crippen LogP contribution in [0.15, 0.2) is 39.9 Å². The van der Waals surface area contributed by atoms with Gasteiger partial charge in [-0.15, -0.1) is 11.3 Å². The van der Waals surface area contributed by atoms with Crippen molar-refractivity contribution in [3.63, 3.8) is 0 Å². The molecule has 7 heteroatoms. The molecule has 0 amide bonds. The summed E-state index contributed by atoms with van der Waals surface area (Å²) in [5.74, 6) is 0.681. The fourth-order valence-electron chi connectivity index (χ4n) is 3.31. The van der Waals surface area contributed by atoms with Crippen LogP contribution in [0.1, 0.15) is 23.3 Å². The first-order valence-electron chi connectivity index (χ1n) is 8.68. The lowest BCUT2D eigenvalue weighted by atomic mass is 9.97. The zero-order valence-corrected chi connectivity index (χ0v) is 16.6. The maximum Gasteiger partial charge on any atom is 0.262 e. The number of benzene rings is 1. The van der Waals surface area contributed by atoms with Gasteiger partial charge in [-0.3, -0.25) is 9.36 Å². The van der Waals surface area contributed by atoms with Gasteiger partial charge in [0.15, 0.2) is 0 Å². The molecule has 0 bridgehead atoms. The zero-order valence-electron chi connectivity index (χ0n) is 14.2. The number of fused-ring (bicyclic) bond motifs is 3. The Morgan fingerprint density at radius 1 is 1.27 bits per heavy atom. The Morgan fingerprint density at radius 2 is 2.04 bits per heavy atom. The second-order valence-electron chi connectivity index (χ2n) is 6.51. The standard InChI is InChI=1S/C19H19BrN2O3S/c20-12-5-7-14(8-6-12)25-10-13(23)9-22-11-21-18-17(19(22)24)15-3-1-2-4-16(15)26-18/h5-8,11,13,23H,1-4,9-10H2/t13-/m0/s1. The first kappa shape index (κ1) is 17.7. The van der Waals surface area contributed by atoms with Crippen LogP contribution in [0.25, 0.3) is 10.2 Å². The number of aliphatic hydroxyl groups is 1. The number of aromatic nitrogens is 2. The molecule has 2 aromatic heterocycles. The van der Waals surface area contributed by atoms with Crippen LogP contribution in [0, 0.1) is 0 Å². The monoisotopic (exact) mass is 434 g/mol. The zero-order chi connectivity index (χ0) is 18.1. The molecule has 26 heavy (non-hydrogen) atoms. The molecule has 1 aliphatic carbocycles. The van der Waals surface area contributed by atoms with E-state index in [-0.39, 0.29) is 18.7 Å². The quantitative estimate of drug-likeness (QED) is 0.666. The molecule has 5 nitrogen and oxygen atoms in total. The van der Waals surface area contributed by atoms with Crippen molar-refractivity contribution in [2.75, 3.05) is 6.61 Å². The van der Waals surface area contributed by atoms with Gasteiger partial charge in [0.05, 0.1) is 18.3 Å². The van der Waals surface area contributed by atoms with Gasteiger partial charge in [-0.2, -0.15) is 0 Å². The van der Waals surface area contributed by atoms with E-state index in [1.165, 1.54) is 27.8 Å². The SMILES string of the molecule is O=c1c2c3c(sc2ncn1C[C@H](O)COc1ccc(Br)cc1)CCCC3. The molecule has 1 aromatic carbocycles. The van der Waals surface area contributed by atoms with E-state index in [1.54, 1.807) is 11.3 Å². The number of aryl methyl sites for hydroxylation is 2. The predicted octanol–water partition coefficient (Wildman–Crippen LogP) is 3.54. The third-order valence-electron chi connectivity index (χ3n) is 4.61. The predicted molar refractivity (Wildman–Crippen MR) is 106 cm³/mol. The third-order valence-corrected chi connectivity index (χ3v) is 6.33. The Balaban J connectivity index is 1.50. The van der Waals surface area contributed by atoms with Crippen LogP contribution in [0.3, 0.4) is 0 Å². The highest BCUT2D eigenvalue weighted by atomic mass is 79.9. The Hall–Kier alpha value is -1.70. The summed E-state index contributed by atoms with van der Waals surface area (Å²) in [5, 5.41) is 11.0. The lowest BCUT2D eigenvalue weighted by Gasteiger charge is -2.14. The molecule has 0 radical (unpaired) electrons. The van der Waals surface area contributed by atoms with E-state index in [1.807, 2.05) is 24.3 Å². The minimum Gasteiger partial charge on any atom is -0.491 e. The maximum atomic E-state index is 12.9. The molecular weight excluding hydrogens is 416 g/mol. The first-order chi connectivity index (χ1) is 12.6. The lowest BCUT2D eigenvalue weighted by Crippen LogP contribution is -2.30. The minimum atomic E-state index is -0.787. The van der Waals surface area contributed by atoms with Crippen LogP contribution in [0.2, 0.25) is 0 Å². The van der Waals surface area contributed by atoms with Crippen molar-refractivity contribution in [2.45, 2.75) is 38.3 Å². The maximum absolute atomic E-state index is 12.9. The van der Waals surface area contributed by atoms with Crippen LogP contribution in [0.4, 0.5) is 0 Å². The van der Waals surface area contributed by atoms with E-state index in [0.29, 0.717) is 5.75 Å². The van der Waals surface area contributed by atoms with E-state index in [2.05, 4.69) is 20.9 Å². The number of hydrogen-bond donors (Lipinski definition) is 1. The molecule has 0 aliphatic heterocycles. The highest BCUT2D eigenvalue weighted by molar-refractivity contribution is 9.10. The number of thiophene rings is 1. The van der Waals surface area contributed by atoms with Gasteiger partial charge < -0.3 is 9.84 Å². The lowest BCUT2D eigenvalue weighted by molar-refractivity contribution is 0.0915. The highest BCUT2D eigenvalue weighted by Gasteiger charge is 2.20. The number of aliphatic hydroxyl groups excluding tert-OH is 1. The Bertz CT molecular complexity index is 981. The van der Waals surface area contributed by atoms with Crippen LogP contribution in [-0.2, 0) is 19.4 Å². The summed E-state index contributed by atoms with van der Waals surface area (Å²) in [6.07, 6.45) is 5.04. The summed E-state index contributed by atoms with van der Waals surface area (Å²) in [4.78, 5) is 19.5. The van der Waals surface area contributed by atoms with Gasteiger partial charge in [0, 0.05) is 9.35 Å². The molecule has 0 fully saturated rings. The van der Waals surface area contributed by atoms with E-state index in [0.717, 1.165) is 34.0 Å². The van der Waals surface area contributed by atoms with Crippen molar-refractivity contribution < 1.29 is 9.84 Å². The van der Waals surface area contributed by atoms with E-state index < -0.39 is 6.10 Å². The van der Waals surface area contributed by atoms with Crippen molar-refractivity contribution in [2.24, 2.45) is 0 Å². The fraction of sp³-hybridized carbons (Fsp3) is 0.368. The van der Waals surface area contributed by atoms with E-state index in [9.17, 15) is 9.90 Å². The topological polar surface area (TPSA) is 64.4 Å². The molecule has 136 valence electrons. The molecule has 2 heterocycles. The van der Waals surface area contributed by atoms with Crippen LogP contribution in [0.5, 0.6) is 5.75 Å². The van der Waals surface area contributed by atoms with Crippen molar-refractivity contribution in [1.29, 1.82) is 0 Å². The summed E-state index contributed by atoms with van der Waals surface area (Å²) in [6, 6.07) is 7.41. The van der Waals surface area contributed by atoms with Gasteiger partial charge in [-0.05, 0) is 55.5 Å². The number of hydrogen-bond acceptors (Lipinski definition) is 5. The number of rotatable bonds is 5. The smallest absolute Gasteiger partial charge is 0.262 e. The molecule has 1 N–H and O–H groups in total. The van der Waals surface area contributed by atoms with E-state index >= 15 is 0 Å². The van der Waals surface area contributed by atoms with Gasteiger partial charge in [-0.1, -0.05) is 15.9 Å².